The van der Waals surface area contributed by atoms with Crippen LogP contribution in [0, 0.1) is 11.8 Å². The third-order valence-corrected chi connectivity index (χ3v) is 4.17. The zero-order valence-electron chi connectivity index (χ0n) is 15.9. The van der Waals surface area contributed by atoms with Gasteiger partial charge in [-0.1, -0.05) is 62.4 Å². The molecule has 0 unspecified atom stereocenters. The molecule has 1 N–H and O–H groups in total. The van der Waals surface area contributed by atoms with Crippen molar-refractivity contribution in [2.75, 3.05) is 13.2 Å². The van der Waals surface area contributed by atoms with E-state index in [0.29, 0.717) is 13.2 Å². The molecule has 0 aliphatic carbocycles. The summed E-state index contributed by atoms with van der Waals surface area (Å²) in [5.74, 6) is -0.216. The van der Waals surface area contributed by atoms with Gasteiger partial charge < -0.3 is 14.8 Å². The summed E-state index contributed by atoms with van der Waals surface area (Å²) in [6.45, 7) is 4.81. The van der Waals surface area contributed by atoms with E-state index in [-0.39, 0.29) is 30.8 Å². The van der Waals surface area contributed by atoms with Crippen molar-refractivity contribution in [2.45, 2.75) is 26.9 Å². The van der Waals surface area contributed by atoms with Crippen molar-refractivity contribution in [3.05, 3.63) is 66.2 Å². The van der Waals surface area contributed by atoms with E-state index in [4.69, 9.17) is 9.47 Å². The first kappa shape index (κ1) is 20.5. The zero-order chi connectivity index (χ0) is 19.5. The van der Waals surface area contributed by atoms with Crippen LogP contribution in [0.5, 0.6) is 5.75 Å². The Bertz CT molecular complexity index is 701. The molecule has 27 heavy (non-hydrogen) atoms. The highest BCUT2D eigenvalue weighted by atomic mass is 16.5. The largest absolute Gasteiger partial charge is 0.492 e. The van der Waals surface area contributed by atoms with Crippen molar-refractivity contribution in [3.8, 4) is 5.75 Å². The number of nitrogens with one attached hydrogen (secondary N) is 1. The normalized spacial score (nSPS) is 11.7. The van der Waals surface area contributed by atoms with Gasteiger partial charge in [0, 0.05) is 6.42 Å². The maximum absolute atomic E-state index is 12.4. The summed E-state index contributed by atoms with van der Waals surface area (Å²) >= 11 is 0. The van der Waals surface area contributed by atoms with Crippen LogP contribution in [0.1, 0.15) is 25.8 Å². The molecule has 1 amide bonds. The van der Waals surface area contributed by atoms with Crippen LogP contribution in [0.3, 0.4) is 0 Å². The topological polar surface area (TPSA) is 64.6 Å². The molecule has 2 aromatic rings. The van der Waals surface area contributed by atoms with Gasteiger partial charge in [0.2, 0.25) is 5.91 Å². The molecule has 2 rings (SSSR count). The van der Waals surface area contributed by atoms with Crippen LogP contribution in [-0.4, -0.2) is 25.0 Å². The van der Waals surface area contributed by atoms with Crippen molar-refractivity contribution < 1.29 is 19.1 Å². The van der Waals surface area contributed by atoms with Gasteiger partial charge in [0.25, 0.3) is 0 Å². The van der Waals surface area contributed by atoms with Crippen LogP contribution in [0.2, 0.25) is 0 Å². The molecule has 0 spiro atoms. The Morgan fingerprint density at radius 2 is 1.59 bits per heavy atom. The van der Waals surface area contributed by atoms with Gasteiger partial charge >= 0.3 is 5.97 Å². The maximum Gasteiger partial charge on any atom is 0.310 e. The predicted octanol–water partition coefficient (Wildman–Crippen LogP) is 3.59. The van der Waals surface area contributed by atoms with E-state index in [9.17, 15) is 9.59 Å². The van der Waals surface area contributed by atoms with E-state index >= 15 is 0 Å². The molecule has 0 bridgehead atoms. The lowest BCUT2D eigenvalue weighted by Gasteiger charge is -2.19. The van der Waals surface area contributed by atoms with E-state index < -0.39 is 5.92 Å². The lowest BCUT2D eigenvalue weighted by Crippen LogP contribution is -2.33. The maximum atomic E-state index is 12.4. The number of benzene rings is 2. The third-order valence-electron chi connectivity index (χ3n) is 4.17. The van der Waals surface area contributed by atoms with Gasteiger partial charge in [0.05, 0.1) is 12.5 Å². The number of rotatable bonds is 10. The van der Waals surface area contributed by atoms with E-state index in [0.717, 1.165) is 11.3 Å². The fraction of sp³-hybridized carbons (Fsp3) is 0.364. The van der Waals surface area contributed by atoms with E-state index in [1.165, 1.54) is 0 Å². The average molecular weight is 369 g/mol. The summed E-state index contributed by atoms with van der Waals surface area (Å²) in [6, 6.07) is 18.9. The summed E-state index contributed by atoms with van der Waals surface area (Å²) in [6.07, 6.45) is 0.108. The highest BCUT2D eigenvalue weighted by molar-refractivity contribution is 5.83. The molecule has 0 saturated heterocycles. The molecule has 0 fully saturated rings. The standard InChI is InChI=1S/C22H27NO4/c1-17(2)20(22(25)27-16-18-9-5-3-6-10-18)15-21(24)23-13-14-26-19-11-7-4-8-12-19/h3-12,17,20H,13-16H2,1-2H3,(H,23,24)/t20-/m0/s1. The van der Waals surface area contributed by atoms with Crippen LogP contribution < -0.4 is 10.1 Å². The van der Waals surface area contributed by atoms with Crippen LogP contribution in [0.4, 0.5) is 0 Å². The zero-order valence-corrected chi connectivity index (χ0v) is 15.9. The highest BCUT2D eigenvalue weighted by Crippen LogP contribution is 2.18. The third kappa shape index (κ3) is 7.52. The molecule has 0 heterocycles. The molecule has 2 aromatic carbocycles. The first-order valence-electron chi connectivity index (χ1n) is 9.21. The Labute approximate surface area is 160 Å². The van der Waals surface area contributed by atoms with Crippen LogP contribution in [-0.2, 0) is 20.9 Å². The Hall–Kier alpha value is -2.82. The summed E-state index contributed by atoms with van der Waals surface area (Å²) < 4.78 is 10.9. The van der Waals surface area contributed by atoms with Gasteiger partial charge in [0.1, 0.15) is 19.0 Å². The monoisotopic (exact) mass is 369 g/mol. The van der Waals surface area contributed by atoms with Gasteiger partial charge in [-0.15, -0.1) is 0 Å². The van der Waals surface area contributed by atoms with Crippen molar-refractivity contribution in [1.29, 1.82) is 0 Å². The summed E-state index contributed by atoms with van der Waals surface area (Å²) in [5, 5.41) is 2.80. The number of esters is 1. The van der Waals surface area contributed by atoms with Gasteiger partial charge in [-0.2, -0.15) is 0 Å². The van der Waals surface area contributed by atoms with Gasteiger partial charge in [-0.3, -0.25) is 9.59 Å². The second kappa shape index (κ2) is 11.0. The Balaban J connectivity index is 1.73. The molecular weight excluding hydrogens is 342 g/mol. The second-order valence-electron chi connectivity index (χ2n) is 6.66. The summed E-state index contributed by atoms with van der Waals surface area (Å²) in [7, 11) is 0. The molecule has 0 radical (unpaired) electrons. The van der Waals surface area contributed by atoms with Crippen LogP contribution in [0.25, 0.3) is 0 Å². The Morgan fingerprint density at radius 3 is 2.22 bits per heavy atom. The van der Waals surface area contributed by atoms with Gasteiger partial charge in [-0.05, 0) is 23.6 Å². The predicted molar refractivity (Wildman–Crippen MR) is 104 cm³/mol. The quantitative estimate of drug-likeness (QED) is 0.513. The molecule has 5 heteroatoms. The van der Waals surface area contributed by atoms with E-state index in [2.05, 4.69) is 5.32 Å². The molecule has 5 nitrogen and oxygen atoms in total. The minimum Gasteiger partial charge on any atom is -0.492 e. The molecule has 0 aliphatic heterocycles. The van der Waals surface area contributed by atoms with Crippen LogP contribution >= 0.6 is 0 Å². The lowest BCUT2D eigenvalue weighted by atomic mass is 9.92. The minimum atomic E-state index is -0.469. The Morgan fingerprint density at radius 1 is 0.963 bits per heavy atom. The number of hydrogen-bond acceptors (Lipinski definition) is 4. The average Bonchev–Trinajstić information content (AvgIpc) is 2.69. The number of carbonyl (C=O) groups is 2. The highest BCUT2D eigenvalue weighted by Gasteiger charge is 2.26. The minimum absolute atomic E-state index is 0.0135. The fourth-order valence-corrected chi connectivity index (χ4v) is 2.57. The smallest absolute Gasteiger partial charge is 0.310 e. The number of hydrogen-bond donors (Lipinski definition) is 1. The molecule has 0 aliphatic rings. The van der Waals surface area contributed by atoms with E-state index in [1.807, 2.05) is 74.5 Å². The molecule has 0 saturated carbocycles. The van der Waals surface area contributed by atoms with Crippen LogP contribution in [0.15, 0.2) is 60.7 Å². The van der Waals surface area contributed by atoms with Crippen molar-refractivity contribution in [1.82, 2.24) is 5.32 Å². The SMILES string of the molecule is CC(C)[C@H](CC(=O)NCCOc1ccccc1)C(=O)OCc1ccccc1. The second-order valence-corrected chi connectivity index (χ2v) is 6.66. The summed E-state index contributed by atoms with van der Waals surface area (Å²) in [4.78, 5) is 24.6. The Kier molecular flexibility index (Phi) is 8.36. The van der Waals surface area contributed by atoms with Crippen molar-refractivity contribution in [3.63, 3.8) is 0 Å². The number of ether oxygens (including phenoxy) is 2. The number of para-hydroxylation sites is 1. The van der Waals surface area contributed by atoms with Gasteiger partial charge in [-0.25, -0.2) is 0 Å². The number of amides is 1. The van der Waals surface area contributed by atoms with Crippen molar-refractivity contribution in [2.24, 2.45) is 11.8 Å². The molecule has 1 atom stereocenters. The summed E-state index contributed by atoms with van der Waals surface area (Å²) in [5.41, 5.74) is 0.927. The number of carbonyl (C=O) groups excluding carboxylic acids is 2. The molecule has 0 aromatic heterocycles. The van der Waals surface area contributed by atoms with E-state index in [1.54, 1.807) is 0 Å². The first-order valence-corrected chi connectivity index (χ1v) is 9.21. The fourth-order valence-electron chi connectivity index (χ4n) is 2.57. The molecule has 144 valence electrons. The lowest BCUT2D eigenvalue weighted by molar-refractivity contribution is -0.153. The van der Waals surface area contributed by atoms with Crippen molar-refractivity contribution >= 4 is 11.9 Å². The molecular formula is C22H27NO4. The van der Waals surface area contributed by atoms with Gasteiger partial charge in [0.15, 0.2) is 0 Å². The first-order chi connectivity index (χ1) is 13.1.